The van der Waals surface area contributed by atoms with Gasteiger partial charge in [-0.25, -0.2) is 4.98 Å². The van der Waals surface area contributed by atoms with Crippen LogP contribution in [-0.4, -0.2) is 15.2 Å². The summed E-state index contributed by atoms with van der Waals surface area (Å²) in [6, 6.07) is 1.56. The molecule has 0 aromatic carbocycles. The van der Waals surface area contributed by atoms with E-state index in [1.54, 1.807) is 16.7 Å². The van der Waals surface area contributed by atoms with Crippen molar-refractivity contribution in [1.82, 2.24) is 9.38 Å². The van der Waals surface area contributed by atoms with Crippen LogP contribution in [-0.2, 0) is 0 Å². The van der Waals surface area contributed by atoms with E-state index in [0.29, 0.717) is 21.3 Å². The third-order valence-corrected chi connectivity index (χ3v) is 2.66. The van der Waals surface area contributed by atoms with Crippen LogP contribution in [0.2, 0.25) is 10.2 Å². The van der Waals surface area contributed by atoms with Gasteiger partial charge in [0.15, 0.2) is 5.78 Å². The van der Waals surface area contributed by atoms with Crippen molar-refractivity contribution in [2.24, 2.45) is 0 Å². The fourth-order valence-corrected chi connectivity index (χ4v) is 1.84. The molecule has 0 aliphatic heterocycles. The number of hydrogen-bond donors (Lipinski definition) is 0. The maximum atomic E-state index is 11.2. The molecule has 72 valence electrons. The quantitative estimate of drug-likeness (QED) is 0.556. The summed E-state index contributed by atoms with van der Waals surface area (Å²) in [5.74, 6) is -0.118. The van der Waals surface area contributed by atoms with Gasteiger partial charge in [-0.1, -0.05) is 23.2 Å². The Balaban J connectivity index is 2.88. The summed E-state index contributed by atoms with van der Waals surface area (Å²) in [5, 5.41) is 0.812. The van der Waals surface area contributed by atoms with E-state index in [4.69, 9.17) is 23.2 Å². The van der Waals surface area contributed by atoms with Gasteiger partial charge in [0.25, 0.3) is 0 Å². The van der Waals surface area contributed by atoms with Crippen LogP contribution in [0.1, 0.15) is 17.3 Å². The summed E-state index contributed by atoms with van der Waals surface area (Å²) >= 11 is 11.9. The average Bonchev–Trinajstić information content (AvgIpc) is 2.59. The van der Waals surface area contributed by atoms with E-state index >= 15 is 0 Å². The molecule has 0 aliphatic carbocycles. The SMILES string of the molecule is CC(=O)c1cc(Cl)c2cncn2c1Cl. The molecule has 0 saturated heterocycles. The predicted octanol–water partition coefficient (Wildman–Crippen LogP) is 2.84. The number of hydrogen-bond acceptors (Lipinski definition) is 2. The molecule has 2 aromatic heterocycles. The van der Waals surface area contributed by atoms with Crippen LogP contribution in [0.25, 0.3) is 5.52 Å². The van der Waals surface area contributed by atoms with Crippen LogP contribution in [0.15, 0.2) is 18.6 Å². The van der Waals surface area contributed by atoms with Crippen LogP contribution in [0, 0.1) is 0 Å². The molecule has 2 aromatic rings. The highest BCUT2D eigenvalue weighted by molar-refractivity contribution is 6.37. The third-order valence-electron chi connectivity index (χ3n) is 1.97. The molecule has 0 aliphatic rings. The molecule has 0 atom stereocenters. The van der Waals surface area contributed by atoms with Crippen molar-refractivity contribution in [2.75, 3.05) is 0 Å². The standard InChI is InChI=1S/C9H6Cl2N2O/c1-5(14)6-2-7(10)8-3-12-4-13(8)9(6)11/h2-4H,1H3. The van der Waals surface area contributed by atoms with Crippen molar-refractivity contribution >= 4 is 34.5 Å². The molecular formula is C9H6Cl2N2O. The van der Waals surface area contributed by atoms with E-state index in [1.807, 2.05) is 0 Å². The molecule has 2 heterocycles. The normalized spacial score (nSPS) is 10.8. The Morgan fingerprint density at radius 3 is 2.86 bits per heavy atom. The van der Waals surface area contributed by atoms with Crippen molar-refractivity contribution in [3.8, 4) is 0 Å². The molecule has 3 nitrogen and oxygen atoms in total. The van der Waals surface area contributed by atoms with Crippen LogP contribution >= 0.6 is 23.2 Å². The van der Waals surface area contributed by atoms with E-state index in [1.165, 1.54) is 13.3 Å². The Hall–Kier alpha value is -1.06. The van der Waals surface area contributed by atoms with Gasteiger partial charge in [0.2, 0.25) is 0 Å². The van der Waals surface area contributed by atoms with Crippen LogP contribution in [0.4, 0.5) is 0 Å². The Labute approximate surface area is 90.3 Å². The molecule has 0 spiro atoms. The summed E-state index contributed by atoms with van der Waals surface area (Å²) in [4.78, 5) is 15.1. The van der Waals surface area contributed by atoms with E-state index in [2.05, 4.69) is 4.98 Å². The molecule has 0 fully saturated rings. The summed E-state index contributed by atoms with van der Waals surface area (Å²) in [5.41, 5.74) is 1.10. The zero-order chi connectivity index (χ0) is 10.3. The lowest BCUT2D eigenvalue weighted by Gasteiger charge is -2.04. The van der Waals surface area contributed by atoms with Gasteiger partial charge < -0.3 is 0 Å². The topological polar surface area (TPSA) is 34.4 Å². The van der Waals surface area contributed by atoms with Crippen LogP contribution in [0.5, 0.6) is 0 Å². The van der Waals surface area contributed by atoms with E-state index in [9.17, 15) is 4.79 Å². The highest BCUT2D eigenvalue weighted by Gasteiger charge is 2.12. The molecule has 5 heteroatoms. The molecular weight excluding hydrogens is 223 g/mol. The number of carbonyl (C=O) groups excluding carboxylic acids is 1. The predicted molar refractivity (Wildman–Crippen MR) is 55.2 cm³/mol. The van der Waals surface area contributed by atoms with E-state index < -0.39 is 0 Å². The first-order chi connectivity index (χ1) is 6.61. The zero-order valence-electron chi connectivity index (χ0n) is 7.29. The number of aromatic nitrogens is 2. The molecule has 14 heavy (non-hydrogen) atoms. The monoisotopic (exact) mass is 228 g/mol. The zero-order valence-corrected chi connectivity index (χ0v) is 8.80. The molecule has 0 amide bonds. The van der Waals surface area contributed by atoms with Gasteiger partial charge in [-0.15, -0.1) is 0 Å². The Morgan fingerprint density at radius 1 is 1.50 bits per heavy atom. The molecule has 0 saturated carbocycles. The average molecular weight is 229 g/mol. The van der Waals surface area contributed by atoms with Gasteiger partial charge in [0.05, 0.1) is 22.3 Å². The molecule has 0 radical (unpaired) electrons. The maximum absolute atomic E-state index is 11.2. The number of carbonyl (C=O) groups is 1. The van der Waals surface area contributed by atoms with Crippen molar-refractivity contribution < 1.29 is 4.79 Å². The van der Waals surface area contributed by atoms with Crippen molar-refractivity contribution in [2.45, 2.75) is 6.92 Å². The first-order valence-corrected chi connectivity index (χ1v) is 4.68. The lowest BCUT2D eigenvalue weighted by atomic mass is 10.2. The number of rotatable bonds is 1. The largest absolute Gasteiger partial charge is 0.294 e. The summed E-state index contributed by atoms with van der Waals surface area (Å²) in [6.07, 6.45) is 3.12. The van der Waals surface area contributed by atoms with Gasteiger partial charge in [0.1, 0.15) is 11.5 Å². The van der Waals surface area contributed by atoms with E-state index in [-0.39, 0.29) is 5.78 Å². The fraction of sp³-hybridized carbons (Fsp3) is 0.111. The third kappa shape index (κ3) is 1.29. The van der Waals surface area contributed by atoms with Gasteiger partial charge in [0, 0.05) is 0 Å². The molecule has 2 rings (SSSR count). The summed E-state index contributed by atoms with van der Waals surface area (Å²) in [6.45, 7) is 1.44. The number of nitrogens with zero attached hydrogens (tertiary/aromatic N) is 2. The molecule has 0 bridgehead atoms. The summed E-state index contributed by atoms with van der Waals surface area (Å²) < 4.78 is 1.58. The minimum absolute atomic E-state index is 0.118. The lowest BCUT2D eigenvalue weighted by Crippen LogP contribution is -1.98. The van der Waals surface area contributed by atoms with Crippen LogP contribution < -0.4 is 0 Å². The maximum Gasteiger partial charge on any atom is 0.162 e. The second-order valence-corrected chi connectivity index (χ2v) is 3.67. The van der Waals surface area contributed by atoms with Crippen LogP contribution in [0.3, 0.4) is 0 Å². The number of fused-ring (bicyclic) bond motifs is 1. The van der Waals surface area contributed by atoms with E-state index in [0.717, 1.165) is 0 Å². The van der Waals surface area contributed by atoms with Crippen molar-refractivity contribution in [3.05, 3.63) is 34.3 Å². The molecule has 0 N–H and O–H groups in total. The van der Waals surface area contributed by atoms with Crippen molar-refractivity contribution in [3.63, 3.8) is 0 Å². The highest BCUT2D eigenvalue weighted by atomic mass is 35.5. The van der Waals surface area contributed by atoms with Crippen molar-refractivity contribution in [1.29, 1.82) is 0 Å². The molecule has 0 unspecified atom stereocenters. The highest BCUT2D eigenvalue weighted by Crippen LogP contribution is 2.25. The van der Waals surface area contributed by atoms with Gasteiger partial charge in [-0.2, -0.15) is 0 Å². The van der Waals surface area contributed by atoms with Gasteiger partial charge >= 0.3 is 0 Å². The number of pyridine rings is 1. The Morgan fingerprint density at radius 2 is 2.21 bits per heavy atom. The first-order valence-electron chi connectivity index (χ1n) is 3.92. The number of imidazole rings is 1. The second-order valence-electron chi connectivity index (χ2n) is 2.90. The number of halogens is 2. The fourth-order valence-electron chi connectivity index (χ4n) is 1.27. The Kier molecular flexibility index (Phi) is 2.21. The number of Topliss-reactive ketones (excluding diaryl/α,β-unsaturated/α-hetero) is 1. The lowest BCUT2D eigenvalue weighted by molar-refractivity contribution is 0.101. The van der Waals surface area contributed by atoms with Gasteiger partial charge in [-0.3, -0.25) is 9.20 Å². The Bertz CT molecular complexity index is 519. The first kappa shape index (κ1) is 9.49. The summed E-state index contributed by atoms with van der Waals surface area (Å²) in [7, 11) is 0. The van der Waals surface area contributed by atoms with Gasteiger partial charge in [-0.05, 0) is 13.0 Å². The minimum Gasteiger partial charge on any atom is -0.294 e. The second kappa shape index (κ2) is 3.26. The number of ketones is 1. The minimum atomic E-state index is -0.118. The smallest absolute Gasteiger partial charge is 0.162 e.